The third-order valence-electron chi connectivity index (χ3n) is 8.61. The van der Waals surface area contributed by atoms with Crippen molar-refractivity contribution in [3.05, 3.63) is 112 Å². The lowest BCUT2D eigenvalue weighted by atomic mass is 9.80. The van der Waals surface area contributed by atoms with Gasteiger partial charge in [0.25, 0.3) is 5.56 Å². The largest absolute Gasteiger partial charge is 0.497 e. The lowest BCUT2D eigenvalue weighted by Gasteiger charge is -2.37. The van der Waals surface area contributed by atoms with Crippen molar-refractivity contribution in [3.8, 4) is 11.5 Å². The van der Waals surface area contributed by atoms with Gasteiger partial charge in [0.15, 0.2) is 17.4 Å². The number of hydrogen-bond donors (Lipinski definition) is 3. The van der Waals surface area contributed by atoms with Crippen LogP contribution in [-0.2, 0) is 19.8 Å². The van der Waals surface area contributed by atoms with E-state index in [0.29, 0.717) is 35.6 Å². The Morgan fingerprint density at radius 3 is 2.10 bits per heavy atom. The van der Waals surface area contributed by atoms with Gasteiger partial charge >= 0.3 is 0 Å². The van der Waals surface area contributed by atoms with Gasteiger partial charge in [-0.25, -0.2) is 4.98 Å². The van der Waals surface area contributed by atoms with E-state index in [1.54, 1.807) is 18.8 Å². The number of anilines is 1. The van der Waals surface area contributed by atoms with Crippen LogP contribution in [0.25, 0.3) is 11.2 Å². The molecule has 0 bridgehead atoms. The number of nitrogens with one attached hydrogen (secondary N) is 2. The van der Waals surface area contributed by atoms with E-state index in [-0.39, 0.29) is 17.7 Å². The number of hydrogen-bond acceptors (Lipinski definition) is 10. The summed E-state index contributed by atoms with van der Waals surface area (Å²) in [5.74, 6) is 2.07. The van der Waals surface area contributed by atoms with Crippen LogP contribution in [0.3, 0.4) is 0 Å². The summed E-state index contributed by atoms with van der Waals surface area (Å²) >= 11 is 0. The zero-order valence-electron chi connectivity index (χ0n) is 27.6. The minimum absolute atomic E-state index is 0.0215. The highest BCUT2D eigenvalue weighted by Gasteiger charge is 2.48. The van der Waals surface area contributed by atoms with E-state index >= 15 is 0 Å². The molecule has 252 valence electrons. The SMILES string of the molecule is COc1ccc(C(OC[C@H]2O[C@@H](n3cnc4c(=O)[nH]c(NCC(C)C)nc43)[C@H](OC)[C@@H]2O)(c2ccccc2)c2ccc(OC)cc2)cc1. The van der Waals surface area contributed by atoms with Crippen molar-refractivity contribution in [2.24, 2.45) is 5.92 Å². The number of aliphatic hydroxyl groups is 1. The average molecular weight is 656 g/mol. The molecule has 0 aliphatic carbocycles. The number of nitrogens with zero attached hydrogens (tertiary/aromatic N) is 3. The van der Waals surface area contributed by atoms with Crippen LogP contribution in [0.1, 0.15) is 36.8 Å². The summed E-state index contributed by atoms with van der Waals surface area (Å²) in [6.45, 7) is 4.71. The van der Waals surface area contributed by atoms with Crippen LogP contribution in [0, 0.1) is 5.92 Å². The molecule has 0 spiro atoms. The van der Waals surface area contributed by atoms with Crippen molar-refractivity contribution in [1.29, 1.82) is 0 Å². The Bertz CT molecular complexity index is 1810. The van der Waals surface area contributed by atoms with Crippen molar-refractivity contribution in [2.75, 3.05) is 39.8 Å². The molecule has 0 amide bonds. The van der Waals surface area contributed by atoms with Crippen LogP contribution < -0.4 is 20.3 Å². The maximum atomic E-state index is 12.9. The highest BCUT2D eigenvalue weighted by molar-refractivity contribution is 5.71. The molecule has 1 saturated heterocycles. The first-order valence-corrected chi connectivity index (χ1v) is 15.8. The molecule has 0 unspecified atom stereocenters. The Morgan fingerprint density at radius 1 is 0.938 bits per heavy atom. The molecule has 0 saturated carbocycles. The van der Waals surface area contributed by atoms with Gasteiger partial charge in [0.2, 0.25) is 5.95 Å². The van der Waals surface area contributed by atoms with E-state index in [0.717, 1.165) is 16.7 Å². The molecule has 48 heavy (non-hydrogen) atoms. The highest BCUT2D eigenvalue weighted by Crippen LogP contribution is 2.43. The summed E-state index contributed by atoms with van der Waals surface area (Å²) in [5, 5.41) is 14.8. The zero-order chi connectivity index (χ0) is 33.8. The van der Waals surface area contributed by atoms with Crippen molar-refractivity contribution in [3.63, 3.8) is 0 Å². The summed E-state index contributed by atoms with van der Waals surface area (Å²) in [4.78, 5) is 24.6. The third kappa shape index (κ3) is 6.27. The highest BCUT2D eigenvalue weighted by atomic mass is 16.6. The number of imidazole rings is 1. The number of benzene rings is 3. The number of aliphatic hydroxyl groups excluding tert-OH is 1. The van der Waals surface area contributed by atoms with Crippen molar-refractivity contribution in [1.82, 2.24) is 19.5 Å². The van der Waals surface area contributed by atoms with E-state index in [1.807, 2.05) is 78.9 Å². The predicted molar refractivity (Wildman–Crippen MR) is 180 cm³/mol. The predicted octanol–water partition coefficient (Wildman–Crippen LogP) is 4.49. The number of fused-ring (bicyclic) bond motifs is 1. The molecular formula is C36H41N5O7. The average Bonchev–Trinajstić information content (AvgIpc) is 3.68. The molecule has 3 heterocycles. The van der Waals surface area contributed by atoms with Crippen LogP contribution >= 0.6 is 0 Å². The van der Waals surface area contributed by atoms with E-state index in [9.17, 15) is 9.90 Å². The minimum atomic E-state index is -1.11. The van der Waals surface area contributed by atoms with Crippen LogP contribution in [0.15, 0.2) is 90.0 Å². The second kappa shape index (κ2) is 14.2. The first kappa shape index (κ1) is 33.2. The van der Waals surface area contributed by atoms with Crippen LogP contribution in [0.5, 0.6) is 11.5 Å². The van der Waals surface area contributed by atoms with Gasteiger partial charge in [0, 0.05) is 13.7 Å². The molecular weight excluding hydrogens is 614 g/mol. The Morgan fingerprint density at radius 2 is 1.54 bits per heavy atom. The lowest BCUT2D eigenvalue weighted by Crippen LogP contribution is -2.40. The van der Waals surface area contributed by atoms with Crippen molar-refractivity contribution < 1.29 is 28.8 Å². The summed E-state index contributed by atoms with van der Waals surface area (Å²) in [7, 11) is 4.75. The van der Waals surface area contributed by atoms with Gasteiger partial charge in [0.1, 0.15) is 35.4 Å². The van der Waals surface area contributed by atoms with E-state index in [4.69, 9.17) is 23.7 Å². The lowest BCUT2D eigenvalue weighted by molar-refractivity contribution is -0.0948. The Hall–Kier alpha value is -4.75. The fourth-order valence-electron chi connectivity index (χ4n) is 6.11. The molecule has 1 fully saturated rings. The maximum absolute atomic E-state index is 12.9. The van der Waals surface area contributed by atoms with E-state index in [2.05, 4.69) is 34.1 Å². The number of aromatic amines is 1. The topological polar surface area (TPSA) is 142 Å². The molecule has 12 heteroatoms. The molecule has 12 nitrogen and oxygen atoms in total. The first-order valence-electron chi connectivity index (χ1n) is 15.8. The van der Waals surface area contributed by atoms with E-state index in [1.165, 1.54) is 13.4 Å². The van der Waals surface area contributed by atoms with Gasteiger partial charge in [0.05, 0.1) is 27.2 Å². The van der Waals surface area contributed by atoms with Crippen molar-refractivity contribution in [2.45, 2.75) is 44.0 Å². The first-order chi connectivity index (χ1) is 23.3. The fraction of sp³-hybridized carbons (Fsp3) is 0.361. The minimum Gasteiger partial charge on any atom is -0.497 e. The number of aromatic nitrogens is 4. The van der Waals surface area contributed by atoms with E-state index < -0.39 is 30.1 Å². The Labute approximate surface area is 278 Å². The van der Waals surface area contributed by atoms with Gasteiger partial charge in [-0.1, -0.05) is 68.4 Å². The van der Waals surface area contributed by atoms with Crippen molar-refractivity contribution >= 4 is 17.1 Å². The van der Waals surface area contributed by atoms with Gasteiger partial charge in [-0.05, 0) is 46.9 Å². The molecule has 6 rings (SSSR count). The van der Waals surface area contributed by atoms with Crippen LogP contribution in [0.4, 0.5) is 5.95 Å². The Balaban J connectivity index is 1.37. The summed E-state index contributed by atoms with van der Waals surface area (Å²) in [6.07, 6.45) is -2.08. The molecule has 1 aliphatic heterocycles. The molecule has 3 aromatic carbocycles. The van der Waals surface area contributed by atoms with Gasteiger partial charge < -0.3 is 34.1 Å². The number of methoxy groups -OCH3 is 3. The second-order valence-electron chi connectivity index (χ2n) is 12.1. The zero-order valence-corrected chi connectivity index (χ0v) is 27.6. The standard InChI is InChI=1S/C36H41N5O7/c1-22(2)19-37-35-39-32-29(33(43)40-35)38-21-41(32)34-31(46-5)30(42)28(48-34)20-47-36(23-9-7-6-8-10-23,24-11-15-26(44-3)16-12-24)25-13-17-27(45-4)18-14-25/h6-18,21-22,28,30-31,34,42H,19-20H2,1-5H3,(H2,37,39,40,43)/t28-,30-,31-,34-/m1/s1. The maximum Gasteiger partial charge on any atom is 0.280 e. The summed E-state index contributed by atoms with van der Waals surface area (Å²) in [6, 6.07) is 25.3. The molecule has 0 radical (unpaired) electrons. The monoisotopic (exact) mass is 655 g/mol. The molecule has 5 aromatic rings. The number of H-pyrrole nitrogens is 1. The van der Waals surface area contributed by atoms with Crippen LogP contribution in [0.2, 0.25) is 0 Å². The third-order valence-corrected chi connectivity index (χ3v) is 8.61. The normalized spacial score (nSPS) is 19.6. The fourth-order valence-corrected chi connectivity index (χ4v) is 6.11. The Kier molecular flexibility index (Phi) is 9.78. The van der Waals surface area contributed by atoms with Crippen LogP contribution in [-0.4, -0.2) is 77.4 Å². The molecule has 3 N–H and O–H groups in total. The molecule has 4 atom stereocenters. The summed E-state index contributed by atoms with van der Waals surface area (Å²) < 4.78 is 31.8. The number of rotatable bonds is 13. The second-order valence-corrected chi connectivity index (χ2v) is 12.1. The summed E-state index contributed by atoms with van der Waals surface area (Å²) in [5.41, 5.74) is 1.52. The molecule has 1 aliphatic rings. The van der Waals surface area contributed by atoms with Gasteiger partial charge in [-0.2, -0.15) is 4.98 Å². The van der Waals surface area contributed by atoms with Gasteiger partial charge in [-0.3, -0.25) is 14.3 Å². The number of ether oxygens (including phenoxy) is 5. The van der Waals surface area contributed by atoms with Gasteiger partial charge in [-0.15, -0.1) is 0 Å². The quantitative estimate of drug-likeness (QED) is 0.155. The molecule has 2 aromatic heterocycles. The smallest absolute Gasteiger partial charge is 0.280 e.